The van der Waals surface area contributed by atoms with E-state index in [4.69, 9.17) is 9.52 Å². The molecular weight excluding hydrogens is 270 g/mol. The van der Waals surface area contributed by atoms with Crippen molar-refractivity contribution in [3.05, 3.63) is 30.7 Å². The SMILES string of the molecule is O=C(O)C1CCCC(Nc2cccc(-c3nnco3)c2)C1. The first kappa shape index (κ1) is 13.6. The average Bonchev–Trinajstić information content (AvgIpc) is 3.02. The molecule has 1 aromatic heterocycles. The first-order chi connectivity index (χ1) is 10.2. The van der Waals surface area contributed by atoms with Crippen molar-refractivity contribution in [1.82, 2.24) is 10.2 Å². The molecule has 2 N–H and O–H groups in total. The second-order valence-electron chi connectivity index (χ2n) is 5.37. The number of hydrogen-bond acceptors (Lipinski definition) is 5. The number of carbonyl (C=O) groups is 1. The third kappa shape index (κ3) is 3.21. The van der Waals surface area contributed by atoms with Gasteiger partial charge in [-0.05, 0) is 37.5 Å². The Kier molecular flexibility index (Phi) is 3.85. The Bertz CT molecular complexity index is 612. The molecule has 110 valence electrons. The highest BCUT2D eigenvalue weighted by molar-refractivity contribution is 5.70. The summed E-state index contributed by atoms with van der Waals surface area (Å²) >= 11 is 0. The van der Waals surface area contributed by atoms with Gasteiger partial charge in [-0.25, -0.2) is 0 Å². The van der Waals surface area contributed by atoms with Crippen LogP contribution in [0.15, 0.2) is 35.1 Å². The second kappa shape index (κ2) is 5.95. The van der Waals surface area contributed by atoms with Gasteiger partial charge in [-0.1, -0.05) is 12.5 Å². The van der Waals surface area contributed by atoms with Gasteiger partial charge in [0.25, 0.3) is 0 Å². The van der Waals surface area contributed by atoms with Crippen molar-refractivity contribution in [3.63, 3.8) is 0 Å². The van der Waals surface area contributed by atoms with Crippen molar-refractivity contribution in [2.45, 2.75) is 31.7 Å². The second-order valence-corrected chi connectivity index (χ2v) is 5.37. The van der Waals surface area contributed by atoms with Gasteiger partial charge in [0.2, 0.25) is 12.3 Å². The van der Waals surface area contributed by atoms with Gasteiger partial charge >= 0.3 is 5.97 Å². The van der Waals surface area contributed by atoms with Crippen LogP contribution in [0.1, 0.15) is 25.7 Å². The van der Waals surface area contributed by atoms with Gasteiger partial charge in [0.05, 0.1) is 5.92 Å². The number of carboxylic acids is 1. The van der Waals surface area contributed by atoms with Crippen LogP contribution in [-0.4, -0.2) is 27.3 Å². The highest BCUT2D eigenvalue weighted by Crippen LogP contribution is 2.28. The third-order valence-electron chi connectivity index (χ3n) is 3.86. The predicted octanol–water partition coefficient (Wildman–Crippen LogP) is 2.79. The molecule has 3 rings (SSSR count). The molecule has 1 aromatic carbocycles. The normalized spacial score (nSPS) is 21.9. The highest BCUT2D eigenvalue weighted by atomic mass is 16.4. The van der Waals surface area contributed by atoms with Gasteiger partial charge < -0.3 is 14.8 Å². The Balaban J connectivity index is 1.70. The summed E-state index contributed by atoms with van der Waals surface area (Å²) in [6.07, 6.45) is 4.68. The number of hydrogen-bond donors (Lipinski definition) is 2. The fourth-order valence-electron chi connectivity index (χ4n) is 2.82. The lowest BCUT2D eigenvalue weighted by molar-refractivity contribution is -0.142. The molecule has 2 atom stereocenters. The summed E-state index contributed by atoms with van der Waals surface area (Å²) in [4.78, 5) is 11.1. The zero-order valence-electron chi connectivity index (χ0n) is 11.5. The Labute approximate surface area is 122 Å². The summed E-state index contributed by atoms with van der Waals surface area (Å²) in [7, 11) is 0. The van der Waals surface area contributed by atoms with Crippen molar-refractivity contribution >= 4 is 11.7 Å². The Morgan fingerprint density at radius 2 is 2.29 bits per heavy atom. The molecule has 0 aliphatic heterocycles. The smallest absolute Gasteiger partial charge is 0.306 e. The van der Waals surface area contributed by atoms with Crippen LogP contribution in [0.4, 0.5) is 5.69 Å². The first-order valence-electron chi connectivity index (χ1n) is 7.08. The van der Waals surface area contributed by atoms with E-state index in [1.165, 1.54) is 6.39 Å². The number of anilines is 1. The Morgan fingerprint density at radius 3 is 3.05 bits per heavy atom. The zero-order valence-corrected chi connectivity index (χ0v) is 11.5. The van der Waals surface area contributed by atoms with E-state index in [9.17, 15) is 4.79 Å². The van der Waals surface area contributed by atoms with Crippen molar-refractivity contribution in [3.8, 4) is 11.5 Å². The maximum absolute atomic E-state index is 11.1. The molecule has 0 radical (unpaired) electrons. The largest absolute Gasteiger partial charge is 0.481 e. The number of aromatic nitrogens is 2. The van der Waals surface area contributed by atoms with Crippen LogP contribution < -0.4 is 5.32 Å². The van der Waals surface area contributed by atoms with E-state index >= 15 is 0 Å². The van der Waals surface area contributed by atoms with Crippen LogP contribution in [0, 0.1) is 5.92 Å². The molecule has 1 saturated carbocycles. The van der Waals surface area contributed by atoms with E-state index in [0.29, 0.717) is 12.3 Å². The molecule has 0 amide bonds. The molecular formula is C15H17N3O3. The van der Waals surface area contributed by atoms with E-state index in [2.05, 4.69) is 15.5 Å². The standard InChI is InChI=1S/C15H17N3O3/c19-15(20)11-4-2-6-13(8-11)17-12-5-1-3-10(7-12)14-18-16-9-21-14/h1,3,5,7,9,11,13,17H,2,4,6,8H2,(H,19,20). The minimum Gasteiger partial charge on any atom is -0.481 e. The average molecular weight is 287 g/mol. The van der Waals surface area contributed by atoms with Crippen LogP contribution >= 0.6 is 0 Å². The summed E-state index contributed by atoms with van der Waals surface area (Å²) in [6.45, 7) is 0. The van der Waals surface area contributed by atoms with Gasteiger partial charge in [-0.15, -0.1) is 10.2 Å². The van der Waals surface area contributed by atoms with Gasteiger partial charge in [0.1, 0.15) is 0 Å². The maximum Gasteiger partial charge on any atom is 0.306 e. The number of carboxylic acid groups (broad SMARTS) is 1. The van der Waals surface area contributed by atoms with Crippen molar-refractivity contribution in [2.24, 2.45) is 5.92 Å². The van der Waals surface area contributed by atoms with Crippen LogP contribution in [0.25, 0.3) is 11.5 Å². The molecule has 21 heavy (non-hydrogen) atoms. The minimum absolute atomic E-state index is 0.192. The van der Waals surface area contributed by atoms with E-state index < -0.39 is 5.97 Å². The molecule has 1 heterocycles. The summed E-state index contributed by atoms with van der Waals surface area (Å²) in [5.41, 5.74) is 1.80. The first-order valence-corrected chi connectivity index (χ1v) is 7.08. The summed E-state index contributed by atoms with van der Waals surface area (Å²) in [6, 6.07) is 7.92. The third-order valence-corrected chi connectivity index (χ3v) is 3.86. The van der Waals surface area contributed by atoms with E-state index in [0.717, 1.165) is 30.5 Å². The lowest BCUT2D eigenvalue weighted by Crippen LogP contribution is -2.30. The quantitative estimate of drug-likeness (QED) is 0.899. The molecule has 6 heteroatoms. The molecule has 0 spiro atoms. The summed E-state index contributed by atoms with van der Waals surface area (Å²) in [5.74, 6) is -0.456. The highest BCUT2D eigenvalue weighted by Gasteiger charge is 2.26. The van der Waals surface area contributed by atoms with Crippen LogP contribution in [0.3, 0.4) is 0 Å². The number of aliphatic carboxylic acids is 1. The number of benzene rings is 1. The molecule has 2 aromatic rings. The van der Waals surface area contributed by atoms with Gasteiger partial charge in [0, 0.05) is 17.3 Å². The fourth-order valence-corrected chi connectivity index (χ4v) is 2.82. The number of nitrogens with one attached hydrogen (secondary N) is 1. The molecule has 1 aliphatic carbocycles. The topological polar surface area (TPSA) is 88.2 Å². The van der Waals surface area contributed by atoms with Crippen LogP contribution in [0.5, 0.6) is 0 Å². The van der Waals surface area contributed by atoms with E-state index in [1.807, 2.05) is 24.3 Å². The number of nitrogens with zero attached hydrogens (tertiary/aromatic N) is 2. The van der Waals surface area contributed by atoms with Gasteiger partial charge in [-0.3, -0.25) is 4.79 Å². The van der Waals surface area contributed by atoms with Crippen LogP contribution in [0.2, 0.25) is 0 Å². The molecule has 0 bridgehead atoms. The lowest BCUT2D eigenvalue weighted by Gasteiger charge is -2.28. The summed E-state index contributed by atoms with van der Waals surface area (Å²) < 4.78 is 5.19. The van der Waals surface area contributed by atoms with Crippen LogP contribution in [-0.2, 0) is 4.79 Å². The Morgan fingerprint density at radius 1 is 1.38 bits per heavy atom. The predicted molar refractivity (Wildman–Crippen MR) is 76.7 cm³/mol. The lowest BCUT2D eigenvalue weighted by atomic mass is 9.85. The number of rotatable bonds is 4. The van der Waals surface area contributed by atoms with Crippen molar-refractivity contribution in [2.75, 3.05) is 5.32 Å². The fraction of sp³-hybridized carbons (Fsp3) is 0.400. The molecule has 2 unspecified atom stereocenters. The molecule has 0 saturated heterocycles. The zero-order chi connectivity index (χ0) is 14.7. The maximum atomic E-state index is 11.1. The Hall–Kier alpha value is -2.37. The summed E-state index contributed by atoms with van der Waals surface area (Å²) in [5, 5.41) is 20.1. The monoisotopic (exact) mass is 287 g/mol. The van der Waals surface area contributed by atoms with Gasteiger partial charge in [-0.2, -0.15) is 0 Å². The molecule has 6 nitrogen and oxygen atoms in total. The van der Waals surface area contributed by atoms with E-state index in [-0.39, 0.29) is 12.0 Å². The molecule has 1 aliphatic rings. The molecule has 1 fully saturated rings. The minimum atomic E-state index is -0.693. The van der Waals surface area contributed by atoms with Crippen molar-refractivity contribution in [1.29, 1.82) is 0 Å². The van der Waals surface area contributed by atoms with Gasteiger partial charge in [0.15, 0.2) is 0 Å². The van der Waals surface area contributed by atoms with E-state index in [1.54, 1.807) is 0 Å². The van der Waals surface area contributed by atoms with Crippen molar-refractivity contribution < 1.29 is 14.3 Å².